The van der Waals surface area contributed by atoms with E-state index in [2.05, 4.69) is 16.8 Å². The summed E-state index contributed by atoms with van der Waals surface area (Å²) in [6.45, 7) is 6.33. The Balaban J connectivity index is 1.80. The van der Waals surface area contributed by atoms with Crippen molar-refractivity contribution in [2.45, 2.75) is 12.5 Å². The molecule has 1 amide bonds. The molecule has 0 bridgehead atoms. The number of hydrogen-bond donors (Lipinski definition) is 0. The molecule has 0 saturated carbocycles. The van der Waals surface area contributed by atoms with Gasteiger partial charge in [0, 0.05) is 38.8 Å². The Bertz CT molecular complexity index is 202. The second kappa shape index (κ2) is 4.28. The molecule has 0 spiro atoms. The predicted octanol–water partition coefficient (Wildman–Crippen LogP) is -0.535. The molecule has 0 radical (unpaired) electrons. The van der Waals surface area contributed by atoms with Gasteiger partial charge in [-0.1, -0.05) is 0 Å². The van der Waals surface area contributed by atoms with Crippen molar-refractivity contribution in [3.05, 3.63) is 0 Å². The zero-order chi connectivity index (χ0) is 9.97. The van der Waals surface area contributed by atoms with Gasteiger partial charge in [0.1, 0.15) is 0 Å². The SMILES string of the molecule is CN1CCC(N2CCN(C=O)CC2)C1. The quantitative estimate of drug-likeness (QED) is 0.557. The van der Waals surface area contributed by atoms with E-state index < -0.39 is 0 Å². The first kappa shape index (κ1) is 9.93. The smallest absolute Gasteiger partial charge is 0.209 e. The number of likely N-dealkylation sites (tertiary alicyclic amines) is 1. The van der Waals surface area contributed by atoms with Crippen molar-refractivity contribution in [1.29, 1.82) is 0 Å². The number of piperazine rings is 1. The minimum atomic E-state index is 0.730. The molecular weight excluding hydrogens is 178 g/mol. The molecule has 0 aliphatic carbocycles. The van der Waals surface area contributed by atoms with Crippen molar-refractivity contribution in [1.82, 2.24) is 14.7 Å². The molecule has 14 heavy (non-hydrogen) atoms. The monoisotopic (exact) mass is 197 g/mol. The minimum Gasteiger partial charge on any atom is -0.343 e. The van der Waals surface area contributed by atoms with Gasteiger partial charge in [0.25, 0.3) is 0 Å². The molecule has 80 valence electrons. The molecule has 0 aromatic rings. The van der Waals surface area contributed by atoms with Crippen LogP contribution in [0.3, 0.4) is 0 Å². The molecule has 2 saturated heterocycles. The fraction of sp³-hybridized carbons (Fsp3) is 0.900. The minimum absolute atomic E-state index is 0.730. The summed E-state index contributed by atoms with van der Waals surface area (Å²) < 4.78 is 0. The largest absolute Gasteiger partial charge is 0.343 e. The van der Waals surface area contributed by atoms with Crippen LogP contribution in [0, 0.1) is 0 Å². The highest BCUT2D eigenvalue weighted by Gasteiger charge is 2.27. The van der Waals surface area contributed by atoms with Crippen LogP contribution in [0.25, 0.3) is 0 Å². The normalized spacial score (nSPS) is 30.9. The van der Waals surface area contributed by atoms with Crippen LogP contribution in [0.1, 0.15) is 6.42 Å². The van der Waals surface area contributed by atoms with E-state index in [-0.39, 0.29) is 0 Å². The summed E-state index contributed by atoms with van der Waals surface area (Å²) in [5, 5.41) is 0. The maximum atomic E-state index is 10.5. The summed E-state index contributed by atoms with van der Waals surface area (Å²) >= 11 is 0. The maximum Gasteiger partial charge on any atom is 0.209 e. The molecule has 0 aromatic carbocycles. The molecule has 2 aliphatic heterocycles. The van der Waals surface area contributed by atoms with E-state index in [9.17, 15) is 4.79 Å². The summed E-state index contributed by atoms with van der Waals surface area (Å²) in [5.41, 5.74) is 0. The summed E-state index contributed by atoms with van der Waals surface area (Å²) in [4.78, 5) is 17.3. The van der Waals surface area contributed by atoms with Crippen LogP contribution in [0.4, 0.5) is 0 Å². The van der Waals surface area contributed by atoms with Gasteiger partial charge in [0.2, 0.25) is 6.41 Å². The predicted molar refractivity (Wildman–Crippen MR) is 55.1 cm³/mol. The first-order valence-corrected chi connectivity index (χ1v) is 5.41. The first-order valence-electron chi connectivity index (χ1n) is 5.41. The summed E-state index contributed by atoms with van der Waals surface area (Å²) in [5.74, 6) is 0. The standard InChI is InChI=1S/C10H19N3O/c1-11-3-2-10(8-11)13-6-4-12(9-14)5-7-13/h9-10H,2-8H2,1H3. The van der Waals surface area contributed by atoms with E-state index in [1.807, 2.05) is 4.90 Å². The van der Waals surface area contributed by atoms with Gasteiger partial charge in [-0.3, -0.25) is 9.69 Å². The Morgan fingerprint density at radius 3 is 2.36 bits per heavy atom. The fourth-order valence-electron chi connectivity index (χ4n) is 2.42. The van der Waals surface area contributed by atoms with Crippen molar-refractivity contribution in [3.63, 3.8) is 0 Å². The van der Waals surface area contributed by atoms with E-state index in [0.29, 0.717) is 0 Å². The van der Waals surface area contributed by atoms with Gasteiger partial charge in [-0.2, -0.15) is 0 Å². The number of rotatable bonds is 2. The van der Waals surface area contributed by atoms with Crippen LogP contribution in [0.5, 0.6) is 0 Å². The Morgan fingerprint density at radius 2 is 1.86 bits per heavy atom. The topological polar surface area (TPSA) is 26.8 Å². The number of hydrogen-bond acceptors (Lipinski definition) is 3. The van der Waals surface area contributed by atoms with Crippen LogP contribution in [0.15, 0.2) is 0 Å². The van der Waals surface area contributed by atoms with Gasteiger partial charge < -0.3 is 9.80 Å². The molecule has 1 unspecified atom stereocenters. The molecule has 4 heteroatoms. The molecule has 2 aliphatic rings. The maximum absolute atomic E-state index is 10.5. The second-order valence-electron chi connectivity index (χ2n) is 4.38. The number of carbonyl (C=O) groups excluding carboxylic acids is 1. The third-order valence-corrected chi connectivity index (χ3v) is 3.38. The average Bonchev–Trinajstić information content (AvgIpc) is 2.65. The van der Waals surface area contributed by atoms with Crippen molar-refractivity contribution in [2.75, 3.05) is 46.3 Å². The van der Waals surface area contributed by atoms with E-state index in [0.717, 1.165) is 38.6 Å². The van der Waals surface area contributed by atoms with Crippen LogP contribution < -0.4 is 0 Å². The Kier molecular flexibility index (Phi) is 3.03. The van der Waals surface area contributed by atoms with Gasteiger partial charge >= 0.3 is 0 Å². The molecule has 2 rings (SSSR count). The van der Waals surface area contributed by atoms with Gasteiger partial charge in [-0.15, -0.1) is 0 Å². The molecule has 1 atom stereocenters. The third-order valence-electron chi connectivity index (χ3n) is 3.38. The van der Waals surface area contributed by atoms with E-state index in [1.165, 1.54) is 19.5 Å². The average molecular weight is 197 g/mol. The lowest BCUT2D eigenvalue weighted by Crippen LogP contribution is -2.50. The van der Waals surface area contributed by atoms with E-state index >= 15 is 0 Å². The molecular formula is C10H19N3O. The Labute approximate surface area is 85.5 Å². The number of likely N-dealkylation sites (N-methyl/N-ethyl adjacent to an activating group) is 1. The zero-order valence-corrected chi connectivity index (χ0v) is 8.85. The molecule has 2 fully saturated rings. The highest BCUT2D eigenvalue weighted by Crippen LogP contribution is 2.15. The van der Waals surface area contributed by atoms with Gasteiger partial charge in [-0.05, 0) is 20.0 Å². The van der Waals surface area contributed by atoms with E-state index in [1.54, 1.807) is 0 Å². The van der Waals surface area contributed by atoms with Crippen LogP contribution in [-0.4, -0.2) is 73.5 Å². The van der Waals surface area contributed by atoms with E-state index in [4.69, 9.17) is 0 Å². The highest BCUT2D eigenvalue weighted by atomic mass is 16.1. The summed E-state index contributed by atoms with van der Waals surface area (Å²) in [7, 11) is 2.18. The van der Waals surface area contributed by atoms with Crippen molar-refractivity contribution < 1.29 is 4.79 Å². The van der Waals surface area contributed by atoms with Gasteiger partial charge in [0.15, 0.2) is 0 Å². The lowest BCUT2D eigenvalue weighted by Gasteiger charge is -2.36. The number of carbonyl (C=O) groups is 1. The van der Waals surface area contributed by atoms with Gasteiger partial charge in [-0.25, -0.2) is 0 Å². The lowest BCUT2D eigenvalue weighted by atomic mass is 10.2. The second-order valence-corrected chi connectivity index (χ2v) is 4.38. The van der Waals surface area contributed by atoms with Crippen LogP contribution in [-0.2, 0) is 4.79 Å². The number of nitrogens with zero attached hydrogens (tertiary/aromatic N) is 3. The van der Waals surface area contributed by atoms with Crippen molar-refractivity contribution in [2.24, 2.45) is 0 Å². The third kappa shape index (κ3) is 2.07. The summed E-state index contributed by atoms with van der Waals surface area (Å²) in [6, 6.07) is 0.730. The molecule has 2 heterocycles. The first-order chi connectivity index (χ1) is 6.79. The number of amides is 1. The van der Waals surface area contributed by atoms with Crippen molar-refractivity contribution in [3.8, 4) is 0 Å². The zero-order valence-electron chi connectivity index (χ0n) is 8.85. The highest BCUT2D eigenvalue weighted by molar-refractivity contribution is 5.47. The van der Waals surface area contributed by atoms with Crippen molar-refractivity contribution >= 4 is 6.41 Å². The molecule has 0 N–H and O–H groups in total. The van der Waals surface area contributed by atoms with Gasteiger partial charge in [0.05, 0.1) is 0 Å². The Hall–Kier alpha value is -0.610. The summed E-state index contributed by atoms with van der Waals surface area (Å²) in [6.07, 6.45) is 2.26. The fourth-order valence-corrected chi connectivity index (χ4v) is 2.42. The molecule has 0 aromatic heterocycles. The molecule has 4 nitrogen and oxygen atoms in total. The van der Waals surface area contributed by atoms with Crippen LogP contribution in [0.2, 0.25) is 0 Å². The van der Waals surface area contributed by atoms with Crippen LogP contribution >= 0.6 is 0 Å². The lowest BCUT2D eigenvalue weighted by molar-refractivity contribution is -0.120. The Morgan fingerprint density at radius 1 is 1.14 bits per heavy atom.